The Labute approximate surface area is 113 Å². The van der Waals surface area contributed by atoms with Gasteiger partial charge in [-0.25, -0.2) is 4.68 Å². The van der Waals surface area contributed by atoms with Crippen LogP contribution < -0.4 is 10.1 Å². The van der Waals surface area contributed by atoms with Crippen molar-refractivity contribution in [2.24, 2.45) is 5.92 Å². The lowest BCUT2D eigenvalue weighted by molar-refractivity contribution is 0.260. The predicted molar refractivity (Wildman–Crippen MR) is 74.8 cm³/mol. The summed E-state index contributed by atoms with van der Waals surface area (Å²) >= 11 is 0. The molecule has 0 amide bonds. The van der Waals surface area contributed by atoms with E-state index in [1.54, 1.807) is 6.20 Å². The third-order valence-corrected chi connectivity index (χ3v) is 3.47. The van der Waals surface area contributed by atoms with E-state index in [0.717, 1.165) is 31.1 Å². The maximum absolute atomic E-state index is 5.80. The van der Waals surface area contributed by atoms with Crippen molar-refractivity contribution in [3.05, 3.63) is 42.2 Å². The molecule has 1 fully saturated rings. The molecule has 1 aliphatic rings. The Kier molecular flexibility index (Phi) is 3.51. The van der Waals surface area contributed by atoms with E-state index in [4.69, 9.17) is 4.74 Å². The summed E-state index contributed by atoms with van der Waals surface area (Å²) in [6.07, 6.45) is 4.92. The molecule has 1 saturated heterocycles. The number of rotatable bonds is 4. The Hall–Kier alpha value is -1.81. The quantitative estimate of drug-likeness (QED) is 0.912. The molecule has 100 valence electrons. The van der Waals surface area contributed by atoms with Crippen LogP contribution in [0.5, 0.6) is 5.75 Å². The van der Waals surface area contributed by atoms with Crippen LogP contribution in [0.15, 0.2) is 36.7 Å². The molecule has 1 N–H and O–H groups in total. The van der Waals surface area contributed by atoms with E-state index in [0.29, 0.717) is 5.92 Å². The van der Waals surface area contributed by atoms with Gasteiger partial charge in [-0.3, -0.25) is 0 Å². The lowest BCUT2D eigenvalue weighted by Crippen LogP contribution is -2.15. The van der Waals surface area contributed by atoms with Crippen LogP contribution in [0.3, 0.4) is 0 Å². The fraction of sp³-hybridized carbons (Fsp3) is 0.400. The predicted octanol–water partition coefficient (Wildman–Crippen LogP) is 2.17. The summed E-state index contributed by atoms with van der Waals surface area (Å²) in [5.41, 5.74) is 2.30. The molecule has 0 aliphatic carbocycles. The molecule has 1 aromatic heterocycles. The Morgan fingerprint density at radius 1 is 1.47 bits per heavy atom. The Morgan fingerprint density at radius 2 is 2.42 bits per heavy atom. The Bertz CT molecular complexity index is 544. The number of ether oxygens (including phenoxy) is 1. The van der Waals surface area contributed by atoms with E-state index in [1.807, 2.05) is 23.0 Å². The van der Waals surface area contributed by atoms with Crippen molar-refractivity contribution in [3.8, 4) is 11.4 Å². The second kappa shape index (κ2) is 5.45. The largest absolute Gasteiger partial charge is 0.490 e. The number of hydrogen-bond donors (Lipinski definition) is 1. The standard InChI is InChI=1S/C15H19N3O/c1-12-3-2-4-14(7-12)18-10-15(9-17-18)19-11-13-5-6-16-8-13/h2-4,7,9-10,13,16H,5-6,8,11H2,1H3. The molecule has 2 aromatic rings. The maximum Gasteiger partial charge on any atom is 0.157 e. The molecule has 0 spiro atoms. The minimum atomic E-state index is 0.627. The summed E-state index contributed by atoms with van der Waals surface area (Å²) < 4.78 is 7.66. The van der Waals surface area contributed by atoms with Crippen molar-refractivity contribution in [2.45, 2.75) is 13.3 Å². The number of nitrogens with one attached hydrogen (secondary N) is 1. The number of aromatic nitrogens is 2. The van der Waals surface area contributed by atoms with Crippen LogP contribution in [0, 0.1) is 12.8 Å². The first kappa shape index (κ1) is 12.2. The molecular formula is C15H19N3O. The number of benzene rings is 1. The van der Waals surface area contributed by atoms with Crippen LogP contribution in [0.2, 0.25) is 0 Å². The van der Waals surface area contributed by atoms with E-state index in [9.17, 15) is 0 Å². The average molecular weight is 257 g/mol. The molecule has 1 atom stereocenters. The van der Waals surface area contributed by atoms with Gasteiger partial charge in [-0.05, 0) is 37.6 Å². The highest BCUT2D eigenvalue weighted by Gasteiger charge is 2.15. The van der Waals surface area contributed by atoms with E-state index in [-0.39, 0.29) is 0 Å². The molecular weight excluding hydrogens is 238 g/mol. The van der Waals surface area contributed by atoms with Gasteiger partial charge in [0, 0.05) is 12.5 Å². The Balaban J connectivity index is 1.65. The van der Waals surface area contributed by atoms with E-state index >= 15 is 0 Å². The molecule has 3 rings (SSSR count). The fourth-order valence-electron chi connectivity index (χ4n) is 2.36. The van der Waals surface area contributed by atoms with Crippen LogP contribution in [0.4, 0.5) is 0 Å². The summed E-state index contributed by atoms with van der Waals surface area (Å²) in [4.78, 5) is 0. The smallest absolute Gasteiger partial charge is 0.157 e. The first-order valence-corrected chi connectivity index (χ1v) is 6.76. The van der Waals surface area contributed by atoms with Gasteiger partial charge in [0.1, 0.15) is 0 Å². The molecule has 19 heavy (non-hydrogen) atoms. The second-order valence-corrected chi connectivity index (χ2v) is 5.13. The van der Waals surface area contributed by atoms with Gasteiger partial charge < -0.3 is 10.1 Å². The van der Waals surface area contributed by atoms with E-state index < -0.39 is 0 Å². The highest BCUT2D eigenvalue weighted by molar-refractivity contribution is 5.35. The third-order valence-electron chi connectivity index (χ3n) is 3.47. The van der Waals surface area contributed by atoms with Gasteiger partial charge >= 0.3 is 0 Å². The average Bonchev–Trinajstić information content (AvgIpc) is 3.08. The summed E-state index contributed by atoms with van der Waals surface area (Å²) in [6, 6.07) is 8.27. The van der Waals surface area contributed by atoms with Crippen LogP contribution in [0.25, 0.3) is 5.69 Å². The first-order chi connectivity index (χ1) is 9.31. The highest BCUT2D eigenvalue weighted by Crippen LogP contribution is 2.16. The van der Waals surface area contributed by atoms with Gasteiger partial charge in [0.05, 0.1) is 24.7 Å². The number of nitrogens with zero attached hydrogens (tertiary/aromatic N) is 2. The summed E-state index contributed by atoms with van der Waals surface area (Å²) in [6.45, 7) is 5.02. The molecule has 4 nitrogen and oxygen atoms in total. The van der Waals surface area contributed by atoms with Gasteiger partial charge in [0.2, 0.25) is 0 Å². The van der Waals surface area contributed by atoms with Crippen molar-refractivity contribution >= 4 is 0 Å². The molecule has 1 aromatic carbocycles. The van der Waals surface area contributed by atoms with Gasteiger partial charge in [-0.1, -0.05) is 12.1 Å². The lowest BCUT2D eigenvalue weighted by atomic mass is 10.1. The zero-order valence-electron chi connectivity index (χ0n) is 11.2. The molecule has 0 saturated carbocycles. The first-order valence-electron chi connectivity index (χ1n) is 6.76. The highest BCUT2D eigenvalue weighted by atomic mass is 16.5. The van der Waals surface area contributed by atoms with E-state index in [2.05, 4.69) is 29.5 Å². The summed E-state index contributed by atoms with van der Waals surface area (Å²) in [5, 5.41) is 7.69. The van der Waals surface area contributed by atoms with Crippen molar-refractivity contribution in [2.75, 3.05) is 19.7 Å². The van der Waals surface area contributed by atoms with Crippen LogP contribution in [-0.4, -0.2) is 29.5 Å². The zero-order valence-corrected chi connectivity index (χ0v) is 11.2. The topological polar surface area (TPSA) is 39.1 Å². The van der Waals surface area contributed by atoms with Gasteiger partial charge in [-0.15, -0.1) is 0 Å². The third kappa shape index (κ3) is 2.96. The minimum Gasteiger partial charge on any atom is -0.490 e. The number of aryl methyl sites for hydroxylation is 1. The van der Waals surface area contributed by atoms with E-state index in [1.165, 1.54) is 12.0 Å². The van der Waals surface area contributed by atoms with Gasteiger partial charge in [-0.2, -0.15) is 5.10 Å². The second-order valence-electron chi connectivity index (χ2n) is 5.13. The van der Waals surface area contributed by atoms with Crippen molar-refractivity contribution < 1.29 is 4.74 Å². The minimum absolute atomic E-state index is 0.627. The van der Waals surface area contributed by atoms with Crippen molar-refractivity contribution in [1.82, 2.24) is 15.1 Å². The van der Waals surface area contributed by atoms with Crippen LogP contribution >= 0.6 is 0 Å². The van der Waals surface area contributed by atoms with Crippen LogP contribution in [-0.2, 0) is 0 Å². The molecule has 1 unspecified atom stereocenters. The summed E-state index contributed by atoms with van der Waals surface area (Å²) in [5.74, 6) is 1.47. The van der Waals surface area contributed by atoms with Gasteiger partial charge in [0.25, 0.3) is 0 Å². The monoisotopic (exact) mass is 257 g/mol. The zero-order chi connectivity index (χ0) is 13.1. The molecule has 4 heteroatoms. The SMILES string of the molecule is Cc1cccc(-n2cc(OCC3CCNC3)cn2)c1. The van der Waals surface area contributed by atoms with Crippen molar-refractivity contribution in [1.29, 1.82) is 0 Å². The lowest BCUT2D eigenvalue weighted by Gasteiger charge is -2.08. The normalized spacial score (nSPS) is 18.7. The fourth-order valence-corrected chi connectivity index (χ4v) is 2.36. The molecule has 0 radical (unpaired) electrons. The molecule has 2 heterocycles. The Morgan fingerprint density at radius 3 is 3.21 bits per heavy atom. The summed E-state index contributed by atoms with van der Waals surface area (Å²) in [7, 11) is 0. The molecule has 0 bridgehead atoms. The van der Waals surface area contributed by atoms with Crippen LogP contribution in [0.1, 0.15) is 12.0 Å². The maximum atomic E-state index is 5.80. The van der Waals surface area contributed by atoms with Crippen molar-refractivity contribution in [3.63, 3.8) is 0 Å². The molecule has 1 aliphatic heterocycles. The number of hydrogen-bond acceptors (Lipinski definition) is 3. The van der Waals surface area contributed by atoms with Gasteiger partial charge in [0.15, 0.2) is 5.75 Å².